The zero-order chi connectivity index (χ0) is 12.7. The van der Waals surface area contributed by atoms with E-state index in [1.165, 1.54) is 0 Å². The highest BCUT2D eigenvalue weighted by molar-refractivity contribution is 7.89. The lowest BCUT2D eigenvalue weighted by Gasteiger charge is -2.16. The number of nitrogens with one attached hydrogen (secondary N) is 1. The van der Waals surface area contributed by atoms with Gasteiger partial charge in [0.05, 0.1) is 12.4 Å². The van der Waals surface area contributed by atoms with Crippen LogP contribution in [0.1, 0.15) is 5.56 Å². The van der Waals surface area contributed by atoms with Gasteiger partial charge in [-0.25, -0.2) is 13.1 Å². The van der Waals surface area contributed by atoms with Crippen molar-refractivity contribution in [3.63, 3.8) is 0 Å². The van der Waals surface area contributed by atoms with Crippen LogP contribution in [0.15, 0.2) is 30.3 Å². The van der Waals surface area contributed by atoms with Crippen molar-refractivity contribution >= 4 is 21.6 Å². The van der Waals surface area contributed by atoms with Gasteiger partial charge >= 0.3 is 0 Å². The summed E-state index contributed by atoms with van der Waals surface area (Å²) in [6.07, 6.45) is 0.457. The highest BCUT2D eigenvalue weighted by Crippen LogP contribution is 2.04. The molecule has 0 fully saturated rings. The van der Waals surface area contributed by atoms with E-state index < -0.39 is 16.1 Å². The number of rotatable bonds is 7. The van der Waals surface area contributed by atoms with E-state index in [-0.39, 0.29) is 18.2 Å². The Hall–Kier alpha value is -0.620. The molecule has 1 rings (SSSR count). The van der Waals surface area contributed by atoms with E-state index in [4.69, 9.17) is 16.7 Å². The topological polar surface area (TPSA) is 66.4 Å². The zero-order valence-electron chi connectivity index (χ0n) is 9.34. The molecular formula is C11H16ClNO3S. The first kappa shape index (κ1) is 14.4. The van der Waals surface area contributed by atoms with Crippen LogP contribution in [0.3, 0.4) is 0 Å². The Kier molecular flexibility index (Phi) is 5.91. The van der Waals surface area contributed by atoms with Crippen molar-refractivity contribution in [1.29, 1.82) is 0 Å². The summed E-state index contributed by atoms with van der Waals surface area (Å²) in [7, 11) is -3.41. The molecule has 96 valence electrons. The van der Waals surface area contributed by atoms with Gasteiger partial charge in [-0.05, 0) is 12.0 Å². The van der Waals surface area contributed by atoms with Gasteiger partial charge in [0, 0.05) is 11.9 Å². The first-order chi connectivity index (χ1) is 8.07. The van der Waals surface area contributed by atoms with Crippen LogP contribution >= 0.6 is 11.6 Å². The van der Waals surface area contributed by atoms with Crippen LogP contribution in [0.4, 0.5) is 0 Å². The lowest BCUT2D eigenvalue weighted by molar-refractivity contribution is 0.256. The largest absolute Gasteiger partial charge is 0.395 e. The third-order valence-corrected chi connectivity index (χ3v) is 4.08. The minimum Gasteiger partial charge on any atom is -0.395 e. The molecule has 4 nitrogen and oxygen atoms in total. The molecule has 0 aliphatic rings. The Morgan fingerprint density at radius 1 is 1.29 bits per heavy atom. The molecule has 0 radical (unpaired) electrons. The summed E-state index contributed by atoms with van der Waals surface area (Å²) < 4.78 is 25.4. The van der Waals surface area contributed by atoms with Gasteiger partial charge in [-0.3, -0.25) is 0 Å². The van der Waals surface area contributed by atoms with Gasteiger partial charge in [-0.15, -0.1) is 11.6 Å². The van der Waals surface area contributed by atoms with Crippen LogP contribution in [-0.4, -0.2) is 37.8 Å². The van der Waals surface area contributed by atoms with Crippen molar-refractivity contribution < 1.29 is 13.5 Å². The second-order valence-electron chi connectivity index (χ2n) is 3.69. The van der Waals surface area contributed by atoms with Gasteiger partial charge in [0.1, 0.15) is 0 Å². The average Bonchev–Trinajstić information content (AvgIpc) is 2.29. The smallest absolute Gasteiger partial charge is 0.213 e. The summed E-state index contributed by atoms with van der Waals surface area (Å²) in [4.78, 5) is 0. The molecule has 1 aromatic carbocycles. The summed E-state index contributed by atoms with van der Waals surface area (Å²) in [5, 5.41) is 9.16. The monoisotopic (exact) mass is 277 g/mol. The molecule has 0 saturated carbocycles. The van der Waals surface area contributed by atoms with Gasteiger partial charge in [0.15, 0.2) is 0 Å². The highest BCUT2D eigenvalue weighted by Gasteiger charge is 2.16. The van der Waals surface area contributed by atoms with E-state index in [2.05, 4.69) is 4.72 Å². The van der Waals surface area contributed by atoms with Crippen LogP contribution in [0.2, 0.25) is 0 Å². The summed E-state index contributed by atoms with van der Waals surface area (Å²) in [5.74, 6) is -0.0985. The molecule has 17 heavy (non-hydrogen) atoms. The second-order valence-corrected chi connectivity index (χ2v) is 5.95. The van der Waals surface area contributed by atoms with E-state index >= 15 is 0 Å². The van der Waals surface area contributed by atoms with Crippen molar-refractivity contribution in [1.82, 2.24) is 4.72 Å². The molecule has 6 heteroatoms. The summed E-state index contributed by atoms with van der Waals surface area (Å²) in [5.41, 5.74) is 0.972. The summed E-state index contributed by atoms with van der Waals surface area (Å²) >= 11 is 5.39. The maximum absolute atomic E-state index is 11.5. The molecule has 1 aromatic rings. The number of alkyl halides is 1. The third-order valence-electron chi connectivity index (χ3n) is 2.24. The highest BCUT2D eigenvalue weighted by atomic mass is 35.5. The maximum atomic E-state index is 11.5. The quantitative estimate of drug-likeness (QED) is 0.723. The van der Waals surface area contributed by atoms with Crippen molar-refractivity contribution in [3.05, 3.63) is 35.9 Å². The van der Waals surface area contributed by atoms with Crippen molar-refractivity contribution in [2.24, 2.45) is 0 Å². The number of benzene rings is 1. The molecule has 0 spiro atoms. The van der Waals surface area contributed by atoms with Crippen LogP contribution in [-0.2, 0) is 16.4 Å². The molecule has 0 bridgehead atoms. The minimum atomic E-state index is -3.41. The summed E-state index contributed by atoms with van der Waals surface area (Å²) in [6.45, 7) is -0.240. The van der Waals surface area contributed by atoms with E-state index in [0.29, 0.717) is 6.42 Å². The Morgan fingerprint density at radius 2 is 1.94 bits per heavy atom. The third kappa shape index (κ3) is 5.50. The second kappa shape index (κ2) is 6.96. The van der Waals surface area contributed by atoms with Crippen molar-refractivity contribution in [3.8, 4) is 0 Å². The van der Waals surface area contributed by atoms with E-state index in [0.717, 1.165) is 5.56 Å². The number of hydrogen-bond donors (Lipinski definition) is 2. The first-order valence-corrected chi connectivity index (χ1v) is 7.47. The van der Waals surface area contributed by atoms with Crippen molar-refractivity contribution in [2.45, 2.75) is 12.5 Å². The molecule has 0 saturated heterocycles. The lowest BCUT2D eigenvalue weighted by atomic mass is 10.1. The molecule has 0 aliphatic carbocycles. The molecule has 2 N–H and O–H groups in total. The van der Waals surface area contributed by atoms with Gasteiger partial charge in [-0.1, -0.05) is 30.3 Å². The Bertz CT molecular complexity index is 422. The molecular weight excluding hydrogens is 262 g/mol. The number of halogens is 1. The fourth-order valence-corrected chi connectivity index (χ4v) is 3.05. The standard InChI is InChI=1S/C11H16ClNO3S/c12-6-7-17(15,16)13-11(9-14)8-10-4-2-1-3-5-10/h1-5,11,13-14H,6-9H2/t11-/m0/s1. The Balaban J connectivity index is 2.61. The van der Waals surface area contributed by atoms with E-state index in [1.54, 1.807) is 0 Å². The molecule has 0 aliphatic heterocycles. The van der Waals surface area contributed by atoms with Gasteiger partial charge in [0.25, 0.3) is 0 Å². The average molecular weight is 278 g/mol. The summed E-state index contributed by atoms with van der Waals surface area (Å²) in [6, 6.07) is 8.89. The Labute approximate surface area is 107 Å². The zero-order valence-corrected chi connectivity index (χ0v) is 10.9. The fourth-order valence-electron chi connectivity index (χ4n) is 1.46. The van der Waals surface area contributed by atoms with E-state index in [9.17, 15) is 8.42 Å². The number of aliphatic hydroxyl groups is 1. The number of sulfonamides is 1. The fraction of sp³-hybridized carbons (Fsp3) is 0.455. The van der Waals surface area contributed by atoms with Gasteiger partial charge < -0.3 is 5.11 Å². The first-order valence-electron chi connectivity index (χ1n) is 5.28. The van der Waals surface area contributed by atoms with E-state index in [1.807, 2.05) is 30.3 Å². The van der Waals surface area contributed by atoms with Gasteiger partial charge in [-0.2, -0.15) is 0 Å². The normalized spacial score (nSPS) is 13.5. The predicted molar refractivity (Wildman–Crippen MR) is 68.7 cm³/mol. The number of aliphatic hydroxyl groups excluding tert-OH is 1. The Morgan fingerprint density at radius 3 is 2.47 bits per heavy atom. The van der Waals surface area contributed by atoms with Crippen LogP contribution in [0.25, 0.3) is 0 Å². The predicted octanol–water partition coefficient (Wildman–Crippen LogP) is 0.748. The maximum Gasteiger partial charge on any atom is 0.213 e. The SMILES string of the molecule is O=S(=O)(CCCl)N[C@H](CO)Cc1ccccc1. The van der Waals surface area contributed by atoms with Crippen molar-refractivity contribution in [2.75, 3.05) is 18.2 Å². The molecule has 1 atom stereocenters. The van der Waals surface area contributed by atoms with Crippen LogP contribution in [0.5, 0.6) is 0 Å². The molecule has 0 heterocycles. The van der Waals surface area contributed by atoms with Gasteiger partial charge in [0.2, 0.25) is 10.0 Å². The number of hydrogen-bond acceptors (Lipinski definition) is 3. The molecule has 0 unspecified atom stereocenters. The van der Waals surface area contributed by atoms with Crippen LogP contribution in [0, 0.1) is 0 Å². The lowest BCUT2D eigenvalue weighted by Crippen LogP contribution is -2.40. The molecule has 0 amide bonds. The minimum absolute atomic E-state index is 0.0405. The molecule has 0 aromatic heterocycles. The van der Waals surface area contributed by atoms with Crippen LogP contribution < -0.4 is 4.72 Å².